The first-order chi connectivity index (χ1) is 18.0. The van der Waals surface area contributed by atoms with Crippen molar-refractivity contribution in [1.82, 2.24) is 9.97 Å². The molecule has 0 saturated heterocycles. The number of aromatic carboxylic acids is 1. The molecular weight excluding hydrogens is 474 g/mol. The molecule has 2 aromatic carbocycles. The van der Waals surface area contributed by atoms with Gasteiger partial charge in [0.05, 0.1) is 12.2 Å². The van der Waals surface area contributed by atoms with Crippen molar-refractivity contribution in [2.45, 2.75) is 78.1 Å². The van der Waals surface area contributed by atoms with Crippen molar-refractivity contribution < 1.29 is 23.4 Å². The van der Waals surface area contributed by atoms with E-state index in [2.05, 4.69) is 23.8 Å². The molecule has 0 aliphatic carbocycles. The molecule has 0 atom stereocenters. The molecule has 0 aliphatic rings. The van der Waals surface area contributed by atoms with Crippen LogP contribution in [0.5, 0.6) is 5.75 Å². The average Bonchev–Trinajstić information content (AvgIpc) is 2.91. The van der Waals surface area contributed by atoms with Crippen LogP contribution >= 0.6 is 0 Å². The molecule has 0 aliphatic heterocycles. The van der Waals surface area contributed by atoms with E-state index in [4.69, 9.17) is 4.74 Å². The summed E-state index contributed by atoms with van der Waals surface area (Å²) in [6.45, 7) is 4.57. The minimum atomic E-state index is -1.24. The van der Waals surface area contributed by atoms with Crippen molar-refractivity contribution in [2.24, 2.45) is 0 Å². The molecule has 0 unspecified atom stereocenters. The van der Waals surface area contributed by atoms with Crippen LogP contribution in [0.3, 0.4) is 0 Å². The molecule has 0 bridgehead atoms. The van der Waals surface area contributed by atoms with E-state index in [0.717, 1.165) is 44.1 Å². The summed E-state index contributed by atoms with van der Waals surface area (Å²) in [7, 11) is 0. The third-order valence-electron chi connectivity index (χ3n) is 6.38. The smallest absolute Gasteiger partial charge is 0.336 e. The first-order valence-corrected chi connectivity index (χ1v) is 13.3. The molecule has 3 aromatic rings. The molecule has 1 aromatic heterocycles. The largest absolute Gasteiger partial charge is 0.490 e. The SMILES string of the molecule is CCCCCCCc1cnc(-c2ccc(C(=O)O)c(-c3ccc(OCCCCCC)c(F)c3F)c2)nc1. The van der Waals surface area contributed by atoms with E-state index in [9.17, 15) is 14.3 Å². The van der Waals surface area contributed by atoms with Crippen LogP contribution in [-0.2, 0) is 6.42 Å². The molecule has 0 spiro atoms. The van der Waals surface area contributed by atoms with Crippen LogP contribution in [0.2, 0.25) is 0 Å². The zero-order valence-electron chi connectivity index (χ0n) is 21.7. The van der Waals surface area contributed by atoms with Crippen molar-refractivity contribution in [3.63, 3.8) is 0 Å². The Morgan fingerprint density at radius 2 is 1.51 bits per heavy atom. The van der Waals surface area contributed by atoms with E-state index >= 15 is 4.39 Å². The number of hydrogen-bond acceptors (Lipinski definition) is 4. The molecule has 0 fully saturated rings. The monoisotopic (exact) mass is 510 g/mol. The van der Waals surface area contributed by atoms with Gasteiger partial charge in [0, 0.05) is 23.5 Å². The predicted octanol–water partition coefficient (Wildman–Crippen LogP) is 8.26. The van der Waals surface area contributed by atoms with E-state index in [-0.39, 0.29) is 29.0 Å². The van der Waals surface area contributed by atoms with E-state index < -0.39 is 17.6 Å². The Labute approximate surface area is 217 Å². The van der Waals surface area contributed by atoms with Crippen LogP contribution in [-0.4, -0.2) is 27.7 Å². The number of aromatic nitrogens is 2. The van der Waals surface area contributed by atoms with Gasteiger partial charge in [-0.05, 0) is 54.7 Å². The zero-order valence-corrected chi connectivity index (χ0v) is 21.7. The highest BCUT2D eigenvalue weighted by atomic mass is 19.2. The fourth-order valence-electron chi connectivity index (χ4n) is 4.22. The van der Waals surface area contributed by atoms with Crippen molar-refractivity contribution in [2.75, 3.05) is 6.61 Å². The van der Waals surface area contributed by atoms with Crippen LogP contribution in [0.25, 0.3) is 22.5 Å². The number of ether oxygens (including phenoxy) is 1. The summed E-state index contributed by atoms with van der Waals surface area (Å²) in [5.41, 5.74) is 1.31. The quantitative estimate of drug-likeness (QED) is 0.208. The van der Waals surface area contributed by atoms with Crippen molar-refractivity contribution in [3.8, 4) is 28.3 Å². The first-order valence-electron chi connectivity index (χ1n) is 13.3. The van der Waals surface area contributed by atoms with Crippen molar-refractivity contribution in [1.29, 1.82) is 0 Å². The standard InChI is InChI=1S/C30H36F2N2O3/c1-3-5-7-9-10-12-21-19-33-29(34-20-21)22-13-14-24(30(35)36)25(18-22)23-15-16-26(28(32)27(23)31)37-17-11-8-6-4-2/h13-16,18-20H,3-12,17H2,1-2H3,(H,35,36). The summed E-state index contributed by atoms with van der Waals surface area (Å²) in [6.07, 6.45) is 14.1. The number of rotatable bonds is 15. The van der Waals surface area contributed by atoms with Gasteiger partial charge in [0.15, 0.2) is 17.4 Å². The van der Waals surface area contributed by atoms with Gasteiger partial charge in [0.1, 0.15) is 0 Å². The molecule has 1 N–H and O–H groups in total. The lowest BCUT2D eigenvalue weighted by Crippen LogP contribution is -2.04. The number of carboxylic acid groups (broad SMARTS) is 1. The molecule has 5 nitrogen and oxygen atoms in total. The van der Waals surface area contributed by atoms with Gasteiger partial charge in [-0.1, -0.05) is 64.9 Å². The lowest BCUT2D eigenvalue weighted by Gasteiger charge is -2.13. The minimum absolute atomic E-state index is 0.0551. The van der Waals surface area contributed by atoms with Gasteiger partial charge in [-0.25, -0.2) is 19.2 Å². The van der Waals surface area contributed by atoms with Gasteiger partial charge in [0.2, 0.25) is 5.82 Å². The maximum atomic E-state index is 15.1. The lowest BCUT2D eigenvalue weighted by atomic mass is 9.96. The Morgan fingerprint density at radius 1 is 0.838 bits per heavy atom. The molecule has 0 radical (unpaired) electrons. The van der Waals surface area contributed by atoms with E-state index in [1.54, 1.807) is 18.5 Å². The number of unbranched alkanes of at least 4 members (excludes halogenated alkanes) is 7. The zero-order chi connectivity index (χ0) is 26.6. The minimum Gasteiger partial charge on any atom is -0.490 e. The highest BCUT2D eigenvalue weighted by Gasteiger charge is 2.21. The molecule has 37 heavy (non-hydrogen) atoms. The molecule has 0 amide bonds. The Hall–Kier alpha value is -3.35. The number of aryl methyl sites for hydroxylation is 1. The van der Waals surface area contributed by atoms with Crippen LogP contribution in [0.1, 0.15) is 87.6 Å². The third kappa shape index (κ3) is 7.81. The number of carboxylic acids is 1. The summed E-state index contributed by atoms with van der Waals surface area (Å²) in [5.74, 6) is -3.31. The van der Waals surface area contributed by atoms with Crippen LogP contribution in [0.15, 0.2) is 42.7 Å². The average molecular weight is 511 g/mol. The van der Waals surface area contributed by atoms with Crippen LogP contribution in [0.4, 0.5) is 8.78 Å². The first kappa shape index (κ1) is 28.2. The molecule has 7 heteroatoms. The lowest BCUT2D eigenvalue weighted by molar-refractivity contribution is 0.0697. The Bertz CT molecular complexity index is 1170. The second kappa shape index (κ2) is 14.4. The van der Waals surface area contributed by atoms with Gasteiger partial charge in [-0.3, -0.25) is 0 Å². The molecule has 1 heterocycles. The van der Waals surface area contributed by atoms with Gasteiger partial charge in [-0.2, -0.15) is 4.39 Å². The molecule has 3 rings (SSSR count). The second-order valence-corrected chi connectivity index (χ2v) is 9.29. The summed E-state index contributed by atoms with van der Waals surface area (Å²) in [5, 5.41) is 9.69. The van der Waals surface area contributed by atoms with E-state index in [0.29, 0.717) is 11.4 Å². The van der Waals surface area contributed by atoms with Crippen molar-refractivity contribution in [3.05, 3.63) is 65.5 Å². The van der Waals surface area contributed by atoms with Gasteiger partial charge in [-0.15, -0.1) is 0 Å². The maximum absolute atomic E-state index is 15.1. The summed E-state index contributed by atoms with van der Waals surface area (Å²) in [4.78, 5) is 20.7. The number of benzene rings is 2. The van der Waals surface area contributed by atoms with Gasteiger partial charge in [0.25, 0.3) is 0 Å². The third-order valence-corrected chi connectivity index (χ3v) is 6.38. The number of nitrogens with zero attached hydrogens (tertiary/aromatic N) is 2. The highest BCUT2D eigenvalue weighted by Crippen LogP contribution is 2.34. The number of halogens is 2. The number of hydrogen-bond donors (Lipinski definition) is 1. The van der Waals surface area contributed by atoms with Gasteiger partial charge < -0.3 is 9.84 Å². The van der Waals surface area contributed by atoms with Crippen LogP contribution in [0, 0.1) is 11.6 Å². The van der Waals surface area contributed by atoms with Gasteiger partial charge >= 0.3 is 5.97 Å². The fraction of sp³-hybridized carbons (Fsp3) is 0.433. The van der Waals surface area contributed by atoms with E-state index in [1.807, 2.05) is 0 Å². The molecule has 0 saturated carbocycles. The summed E-state index contributed by atoms with van der Waals surface area (Å²) < 4.78 is 35.4. The highest BCUT2D eigenvalue weighted by molar-refractivity contribution is 5.97. The van der Waals surface area contributed by atoms with E-state index in [1.165, 1.54) is 49.9 Å². The summed E-state index contributed by atoms with van der Waals surface area (Å²) >= 11 is 0. The second-order valence-electron chi connectivity index (χ2n) is 9.29. The Balaban J connectivity index is 1.82. The Kier molecular flexibility index (Phi) is 11.0. The molecular formula is C30H36F2N2O3. The van der Waals surface area contributed by atoms with Crippen molar-refractivity contribution >= 4 is 5.97 Å². The van der Waals surface area contributed by atoms with Crippen LogP contribution < -0.4 is 4.74 Å². The predicted molar refractivity (Wildman–Crippen MR) is 142 cm³/mol. The number of carbonyl (C=O) groups is 1. The fourth-order valence-corrected chi connectivity index (χ4v) is 4.22. The topological polar surface area (TPSA) is 72.3 Å². The molecule has 198 valence electrons. The normalized spacial score (nSPS) is 11.0. The summed E-state index contributed by atoms with van der Waals surface area (Å²) in [6, 6.07) is 7.14. The maximum Gasteiger partial charge on any atom is 0.336 e. The Morgan fingerprint density at radius 3 is 2.19 bits per heavy atom.